The van der Waals surface area contributed by atoms with Gasteiger partial charge in [0, 0.05) is 9.13 Å². The van der Waals surface area contributed by atoms with Crippen LogP contribution in [0, 0.1) is 0 Å². The van der Waals surface area contributed by atoms with Crippen LogP contribution in [-0.4, -0.2) is 37.2 Å². The lowest BCUT2D eigenvalue weighted by Gasteiger charge is -1.73. The van der Waals surface area contributed by atoms with E-state index in [4.69, 9.17) is 33.8 Å². The van der Waals surface area contributed by atoms with Crippen LogP contribution in [0.1, 0.15) is 0 Å². The van der Waals surface area contributed by atoms with E-state index < -0.39 is 22.5 Å². The zero-order chi connectivity index (χ0) is 11.4. The summed E-state index contributed by atoms with van der Waals surface area (Å²) >= 11 is 0. The second kappa shape index (κ2) is 14.0. The SMILES string of the molecule is NCC(=O)O.O=[P+](O)O.O=[P+](O)O. The Kier molecular flexibility index (Phi) is 19.7. The van der Waals surface area contributed by atoms with Crippen molar-refractivity contribution in [1.29, 1.82) is 0 Å². The predicted molar refractivity (Wildman–Crippen MR) is 40.8 cm³/mol. The van der Waals surface area contributed by atoms with Gasteiger partial charge in [-0.05, 0) is 0 Å². The molecule has 0 unspecified atom stereocenters. The summed E-state index contributed by atoms with van der Waals surface area (Å²) in [7, 11) is -5.74. The lowest BCUT2D eigenvalue weighted by atomic mass is 10.7. The third-order valence-electron chi connectivity index (χ3n) is 0.175. The molecule has 0 aliphatic rings. The molecule has 9 nitrogen and oxygen atoms in total. The molecule has 11 heteroatoms. The zero-order valence-corrected chi connectivity index (χ0v) is 7.93. The summed E-state index contributed by atoms with van der Waals surface area (Å²) in [6.07, 6.45) is 0. The van der Waals surface area contributed by atoms with Crippen LogP contribution in [0.3, 0.4) is 0 Å². The third-order valence-corrected chi connectivity index (χ3v) is 0.175. The van der Waals surface area contributed by atoms with E-state index >= 15 is 0 Å². The molecule has 0 spiro atoms. The summed E-state index contributed by atoms with van der Waals surface area (Å²) in [6, 6.07) is 0. The maximum Gasteiger partial charge on any atom is 0.692 e. The monoisotopic (exact) mass is 237 g/mol. The van der Waals surface area contributed by atoms with E-state index in [9.17, 15) is 4.79 Å². The first-order valence-corrected chi connectivity index (χ1v) is 4.68. The zero-order valence-electron chi connectivity index (χ0n) is 6.14. The molecule has 0 aromatic rings. The van der Waals surface area contributed by atoms with Crippen LogP contribution in [0.4, 0.5) is 0 Å². The van der Waals surface area contributed by atoms with Crippen LogP contribution < -0.4 is 5.73 Å². The molecule has 78 valence electrons. The van der Waals surface area contributed by atoms with E-state index in [1.54, 1.807) is 0 Å². The van der Waals surface area contributed by atoms with Crippen molar-refractivity contribution in [2.75, 3.05) is 6.54 Å². The predicted octanol–water partition coefficient (Wildman–Crippen LogP) is -1.71. The maximum atomic E-state index is 9.24. The van der Waals surface area contributed by atoms with Crippen molar-refractivity contribution in [3.8, 4) is 0 Å². The van der Waals surface area contributed by atoms with Crippen LogP contribution in [0.25, 0.3) is 0 Å². The summed E-state index contributed by atoms with van der Waals surface area (Å²) in [5.74, 6) is -0.968. The van der Waals surface area contributed by atoms with Gasteiger partial charge in [0.25, 0.3) is 0 Å². The van der Waals surface area contributed by atoms with Gasteiger partial charge in [0.15, 0.2) is 0 Å². The second-order valence-electron chi connectivity index (χ2n) is 1.10. The Balaban J connectivity index is -0.000000117. The fourth-order valence-corrected chi connectivity index (χ4v) is 0. The minimum atomic E-state index is -2.87. The summed E-state index contributed by atoms with van der Waals surface area (Å²) in [4.78, 5) is 37.7. The molecule has 0 aromatic heterocycles. The molecule has 0 rings (SSSR count). The standard InChI is InChI=1S/C2H5NO2.2HO3P/c3-1-2(4)5;2*1-4(2)3/h1,3H2,(H,4,5);2*(H-,1,2,3)/p+2. The lowest BCUT2D eigenvalue weighted by molar-refractivity contribution is -0.135. The molecule has 0 radical (unpaired) electrons. The number of carbonyl (C=O) groups is 1. The summed E-state index contributed by atoms with van der Waals surface area (Å²) < 4.78 is 17.4. The van der Waals surface area contributed by atoms with Crippen molar-refractivity contribution in [2.24, 2.45) is 5.73 Å². The number of rotatable bonds is 1. The van der Waals surface area contributed by atoms with Gasteiger partial charge in [0.05, 0.1) is 6.54 Å². The first kappa shape index (κ1) is 18.3. The van der Waals surface area contributed by atoms with Gasteiger partial charge >= 0.3 is 22.5 Å². The highest BCUT2D eigenvalue weighted by molar-refractivity contribution is 7.31. The van der Waals surface area contributed by atoms with E-state index in [1.165, 1.54) is 0 Å². The Hall–Kier alpha value is -0.530. The average molecular weight is 237 g/mol. The molecule has 0 aliphatic heterocycles. The third kappa shape index (κ3) is 476. The Bertz CT molecular complexity index is 150. The van der Waals surface area contributed by atoms with Crippen molar-refractivity contribution < 1.29 is 38.6 Å². The molecule has 0 saturated carbocycles. The van der Waals surface area contributed by atoms with Crippen molar-refractivity contribution in [2.45, 2.75) is 0 Å². The summed E-state index contributed by atoms with van der Waals surface area (Å²) in [6.45, 7) is -0.278. The average Bonchev–Trinajstić information content (AvgIpc) is 1.84. The van der Waals surface area contributed by atoms with Gasteiger partial charge in [-0.15, -0.1) is 19.6 Å². The molecular formula is C2H9NO8P2+2. The molecule has 0 saturated heterocycles. The summed E-state index contributed by atoms with van der Waals surface area (Å²) in [5.41, 5.74) is 4.57. The van der Waals surface area contributed by atoms with Crippen LogP contribution in [-0.2, 0) is 13.9 Å². The highest BCUT2D eigenvalue weighted by atomic mass is 31.1. The number of carboxylic acids is 1. The van der Waals surface area contributed by atoms with Crippen molar-refractivity contribution in [1.82, 2.24) is 0 Å². The number of nitrogens with two attached hydrogens (primary N) is 1. The quantitative estimate of drug-likeness (QED) is 0.289. The molecule has 0 fully saturated rings. The van der Waals surface area contributed by atoms with Gasteiger partial charge in [0.1, 0.15) is 0 Å². The van der Waals surface area contributed by atoms with Crippen molar-refractivity contribution >= 4 is 22.5 Å². The smallest absolute Gasteiger partial charge is 0.480 e. The van der Waals surface area contributed by atoms with Crippen molar-refractivity contribution in [3.63, 3.8) is 0 Å². The van der Waals surface area contributed by atoms with E-state index in [-0.39, 0.29) is 6.54 Å². The number of aliphatic carboxylic acids is 1. The first-order valence-electron chi connectivity index (χ1n) is 2.35. The minimum absolute atomic E-state index is 0.278. The van der Waals surface area contributed by atoms with Crippen LogP contribution in [0.5, 0.6) is 0 Å². The second-order valence-corrected chi connectivity index (χ2v) is 2.11. The molecule has 0 aromatic carbocycles. The maximum absolute atomic E-state index is 9.24. The molecule has 7 N–H and O–H groups in total. The van der Waals surface area contributed by atoms with E-state index in [0.29, 0.717) is 0 Å². The molecule has 0 amide bonds. The molecule has 0 aliphatic carbocycles. The molecular weight excluding hydrogens is 228 g/mol. The largest absolute Gasteiger partial charge is 0.692 e. The fourth-order valence-electron chi connectivity index (χ4n) is 0. The normalized spacial score (nSPS) is 6.85. The lowest BCUT2D eigenvalue weighted by Crippen LogP contribution is -2.10. The van der Waals surface area contributed by atoms with E-state index in [0.717, 1.165) is 0 Å². The molecule has 0 atom stereocenters. The Morgan fingerprint density at radius 3 is 1.15 bits per heavy atom. The fraction of sp³-hybridized carbons (Fsp3) is 0.500. The number of hydrogen-bond donors (Lipinski definition) is 6. The van der Waals surface area contributed by atoms with Gasteiger partial charge < -0.3 is 10.8 Å². The van der Waals surface area contributed by atoms with Gasteiger partial charge in [0.2, 0.25) is 0 Å². The Labute approximate surface area is 74.3 Å². The molecule has 0 heterocycles. The number of hydrogen-bond acceptors (Lipinski definition) is 4. The van der Waals surface area contributed by atoms with Crippen molar-refractivity contribution in [3.05, 3.63) is 0 Å². The topological polar surface area (TPSA) is 178 Å². The van der Waals surface area contributed by atoms with E-state index in [1.807, 2.05) is 0 Å². The van der Waals surface area contributed by atoms with Crippen LogP contribution in [0.15, 0.2) is 0 Å². The van der Waals surface area contributed by atoms with Crippen LogP contribution in [0.2, 0.25) is 0 Å². The Morgan fingerprint density at radius 2 is 1.15 bits per heavy atom. The van der Waals surface area contributed by atoms with Gasteiger partial charge in [-0.25, -0.2) is 0 Å². The van der Waals surface area contributed by atoms with Gasteiger partial charge in [-0.2, -0.15) is 0 Å². The van der Waals surface area contributed by atoms with Crippen LogP contribution >= 0.6 is 16.5 Å². The van der Waals surface area contributed by atoms with Gasteiger partial charge in [-0.3, -0.25) is 4.79 Å². The first-order chi connectivity index (χ1) is 5.73. The summed E-state index contributed by atoms with van der Waals surface area (Å²) in [5, 5.41) is 7.60. The highest BCUT2D eigenvalue weighted by Gasteiger charge is 1.93. The van der Waals surface area contributed by atoms with E-state index in [2.05, 4.69) is 5.73 Å². The molecule has 0 bridgehead atoms. The highest BCUT2D eigenvalue weighted by Crippen LogP contribution is 1.98. The number of carboxylic acid groups (broad SMARTS) is 1. The Morgan fingerprint density at radius 1 is 1.08 bits per heavy atom. The molecule has 13 heavy (non-hydrogen) atoms. The van der Waals surface area contributed by atoms with Gasteiger partial charge in [-0.1, -0.05) is 0 Å². The minimum Gasteiger partial charge on any atom is -0.480 e.